The van der Waals surface area contributed by atoms with Crippen molar-refractivity contribution in [3.8, 4) is 5.75 Å². The van der Waals surface area contributed by atoms with Gasteiger partial charge in [0.2, 0.25) is 5.91 Å². The molecule has 1 aromatic carbocycles. The van der Waals surface area contributed by atoms with E-state index in [-0.39, 0.29) is 18.4 Å². The third-order valence-corrected chi connectivity index (χ3v) is 3.20. The molecule has 1 aliphatic heterocycles. The van der Waals surface area contributed by atoms with Crippen LogP contribution in [-0.2, 0) is 4.79 Å². The standard InChI is InChI=1S/C13H17N3O3/c1-15-5-6-16(8-12(15)17)13(18)10-4-3-9(14)7-11(10)19-2/h3-4,7H,5-6,8,14H2,1-2H3. The van der Waals surface area contributed by atoms with Gasteiger partial charge in [-0.25, -0.2) is 0 Å². The molecule has 0 aromatic heterocycles. The third kappa shape index (κ3) is 2.62. The molecule has 0 saturated carbocycles. The lowest BCUT2D eigenvalue weighted by molar-refractivity contribution is -0.133. The molecule has 0 bridgehead atoms. The van der Waals surface area contributed by atoms with E-state index in [4.69, 9.17) is 10.5 Å². The Hall–Kier alpha value is -2.24. The summed E-state index contributed by atoms with van der Waals surface area (Å²) in [7, 11) is 3.22. The minimum absolute atomic E-state index is 0.0611. The molecule has 0 spiro atoms. The molecule has 6 nitrogen and oxygen atoms in total. The monoisotopic (exact) mass is 263 g/mol. The third-order valence-electron chi connectivity index (χ3n) is 3.20. The number of nitrogens with zero attached hydrogens (tertiary/aromatic N) is 2. The minimum atomic E-state index is -0.210. The molecule has 2 N–H and O–H groups in total. The molecular weight excluding hydrogens is 246 g/mol. The number of amides is 2. The number of methoxy groups -OCH3 is 1. The summed E-state index contributed by atoms with van der Waals surface area (Å²) in [5.41, 5.74) is 6.61. The molecule has 1 heterocycles. The van der Waals surface area contributed by atoms with Gasteiger partial charge in [0, 0.05) is 31.9 Å². The van der Waals surface area contributed by atoms with E-state index in [1.54, 1.807) is 30.1 Å². The van der Waals surface area contributed by atoms with Crippen molar-refractivity contribution < 1.29 is 14.3 Å². The average Bonchev–Trinajstić information content (AvgIpc) is 2.41. The van der Waals surface area contributed by atoms with Crippen LogP contribution in [0.1, 0.15) is 10.4 Å². The molecule has 6 heteroatoms. The van der Waals surface area contributed by atoms with Crippen molar-refractivity contribution >= 4 is 17.5 Å². The number of likely N-dealkylation sites (N-methyl/N-ethyl adjacent to an activating group) is 1. The van der Waals surface area contributed by atoms with E-state index in [1.165, 1.54) is 12.0 Å². The lowest BCUT2D eigenvalue weighted by Crippen LogP contribution is -2.50. The SMILES string of the molecule is COc1cc(N)ccc1C(=O)N1CCN(C)C(=O)C1. The Kier molecular flexibility index (Phi) is 3.59. The van der Waals surface area contributed by atoms with Crippen LogP contribution in [-0.4, -0.2) is 55.4 Å². The summed E-state index contributed by atoms with van der Waals surface area (Å²) < 4.78 is 5.16. The lowest BCUT2D eigenvalue weighted by atomic mass is 10.1. The summed E-state index contributed by atoms with van der Waals surface area (Å²) in [4.78, 5) is 27.1. The number of benzene rings is 1. The van der Waals surface area contributed by atoms with Gasteiger partial charge in [-0.2, -0.15) is 0 Å². The van der Waals surface area contributed by atoms with Gasteiger partial charge in [0.1, 0.15) is 12.3 Å². The number of nitrogen functional groups attached to an aromatic ring is 1. The van der Waals surface area contributed by atoms with Gasteiger partial charge < -0.3 is 20.3 Å². The highest BCUT2D eigenvalue weighted by atomic mass is 16.5. The quantitative estimate of drug-likeness (QED) is 0.773. The van der Waals surface area contributed by atoms with Crippen LogP contribution in [0.4, 0.5) is 5.69 Å². The zero-order chi connectivity index (χ0) is 14.0. The highest BCUT2D eigenvalue weighted by molar-refractivity contribution is 5.99. The fraction of sp³-hybridized carbons (Fsp3) is 0.385. The molecule has 1 fully saturated rings. The molecule has 2 rings (SSSR count). The van der Waals surface area contributed by atoms with Crippen molar-refractivity contribution in [2.45, 2.75) is 0 Å². The van der Waals surface area contributed by atoms with Gasteiger partial charge in [0.15, 0.2) is 0 Å². The zero-order valence-corrected chi connectivity index (χ0v) is 11.0. The van der Waals surface area contributed by atoms with E-state index in [0.717, 1.165) is 0 Å². The number of rotatable bonds is 2. The second-order valence-electron chi connectivity index (χ2n) is 4.50. The van der Waals surface area contributed by atoms with Crippen LogP contribution in [0.3, 0.4) is 0 Å². The first-order valence-corrected chi connectivity index (χ1v) is 5.99. The Balaban J connectivity index is 2.22. The molecule has 1 aliphatic rings. The van der Waals surface area contributed by atoms with Crippen molar-refractivity contribution in [3.63, 3.8) is 0 Å². The van der Waals surface area contributed by atoms with Gasteiger partial charge >= 0.3 is 0 Å². The molecule has 102 valence electrons. The largest absolute Gasteiger partial charge is 0.496 e. The second-order valence-corrected chi connectivity index (χ2v) is 4.50. The molecule has 0 aliphatic carbocycles. The number of hydrogen-bond donors (Lipinski definition) is 1. The van der Waals surface area contributed by atoms with Crippen LogP contribution >= 0.6 is 0 Å². The summed E-state index contributed by atoms with van der Waals surface area (Å²) >= 11 is 0. The van der Waals surface area contributed by atoms with Crippen LogP contribution < -0.4 is 10.5 Å². The summed E-state index contributed by atoms with van der Waals surface area (Å²) in [5.74, 6) is 0.156. The van der Waals surface area contributed by atoms with E-state index < -0.39 is 0 Å². The zero-order valence-electron chi connectivity index (χ0n) is 11.0. The van der Waals surface area contributed by atoms with Crippen LogP contribution in [0.5, 0.6) is 5.75 Å². The van der Waals surface area contributed by atoms with Gasteiger partial charge in [0.05, 0.1) is 12.7 Å². The predicted molar refractivity (Wildman–Crippen MR) is 70.9 cm³/mol. The molecule has 2 amide bonds. The minimum Gasteiger partial charge on any atom is -0.496 e. The van der Waals surface area contributed by atoms with E-state index in [1.807, 2.05) is 0 Å². The van der Waals surface area contributed by atoms with Crippen molar-refractivity contribution in [1.82, 2.24) is 9.80 Å². The van der Waals surface area contributed by atoms with E-state index >= 15 is 0 Å². The Morgan fingerprint density at radius 1 is 1.37 bits per heavy atom. The van der Waals surface area contributed by atoms with Crippen LogP contribution in [0.2, 0.25) is 0 Å². The maximum atomic E-state index is 12.4. The van der Waals surface area contributed by atoms with Gasteiger partial charge in [-0.3, -0.25) is 9.59 Å². The van der Waals surface area contributed by atoms with Crippen molar-refractivity contribution in [3.05, 3.63) is 23.8 Å². The average molecular weight is 263 g/mol. The normalized spacial score (nSPS) is 15.6. The van der Waals surface area contributed by atoms with Crippen LogP contribution in [0.25, 0.3) is 0 Å². The van der Waals surface area contributed by atoms with Crippen molar-refractivity contribution in [2.75, 3.05) is 39.5 Å². The fourth-order valence-corrected chi connectivity index (χ4v) is 1.99. The van der Waals surface area contributed by atoms with E-state index in [0.29, 0.717) is 30.1 Å². The number of piperazine rings is 1. The molecule has 19 heavy (non-hydrogen) atoms. The number of carbonyl (C=O) groups is 2. The Bertz CT molecular complexity index is 516. The highest BCUT2D eigenvalue weighted by Gasteiger charge is 2.27. The number of anilines is 1. The summed E-state index contributed by atoms with van der Waals surface area (Å²) in [6.07, 6.45) is 0. The fourth-order valence-electron chi connectivity index (χ4n) is 1.99. The molecule has 0 unspecified atom stereocenters. The summed E-state index contributed by atoms with van der Waals surface area (Å²) in [6, 6.07) is 4.87. The Labute approximate surface area is 111 Å². The predicted octanol–water partition coefficient (Wildman–Crippen LogP) is 0.192. The summed E-state index contributed by atoms with van der Waals surface area (Å²) in [6.45, 7) is 1.17. The van der Waals surface area contributed by atoms with Crippen molar-refractivity contribution in [2.24, 2.45) is 0 Å². The molecule has 0 atom stereocenters. The number of nitrogens with two attached hydrogens (primary N) is 1. The first kappa shape index (κ1) is 13.2. The number of ether oxygens (including phenoxy) is 1. The Morgan fingerprint density at radius 3 is 2.74 bits per heavy atom. The molecule has 1 saturated heterocycles. The summed E-state index contributed by atoms with van der Waals surface area (Å²) in [5, 5.41) is 0. The Morgan fingerprint density at radius 2 is 2.11 bits per heavy atom. The number of carbonyl (C=O) groups excluding carboxylic acids is 2. The molecule has 1 aromatic rings. The topological polar surface area (TPSA) is 75.9 Å². The molecule has 0 radical (unpaired) electrons. The van der Waals surface area contributed by atoms with Crippen LogP contribution in [0.15, 0.2) is 18.2 Å². The van der Waals surface area contributed by atoms with Gasteiger partial charge in [0.25, 0.3) is 5.91 Å². The first-order valence-electron chi connectivity index (χ1n) is 5.99. The van der Waals surface area contributed by atoms with E-state index in [9.17, 15) is 9.59 Å². The molecular formula is C13H17N3O3. The van der Waals surface area contributed by atoms with Crippen molar-refractivity contribution in [1.29, 1.82) is 0 Å². The van der Waals surface area contributed by atoms with Gasteiger partial charge in [-0.1, -0.05) is 0 Å². The maximum absolute atomic E-state index is 12.4. The van der Waals surface area contributed by atoms with Crippen LogP contribution in [0, 0.1) is 0 Å². The maximum Gasteiger partial charge on any atom is 0.258 e. The smallest absolute Gasteiger partial charge is 0.258 e. The highest BCUT2D eigenvalue weighted by Crippen LogP contribution is 2.23. The second kappa shape index (κ2) is 5.17. The van der Waals surface area contributed by atoms with Gasteiger partial charge in [-0.15, -0.1) is 0 Å². The first-order chi connectivity index (χ1) is 9.02. The lowest BCUT2D eigenvalue weighted by Gasteiger charge is -2.32. The number of hydrogen-bond acceptors (Lipinski definition) is 4. The van der Waals surface area contributed by atoms with Gasteiger partial charge in [-0.05, 0) is 12.1 Å². The van der Waals surface area contributed by atoms with E-state index in [2.05, 4.69) is 0 Å².